The monoisotopic (exact) mass is 235 g/mol. The fraction of sp³-hybridized carbons (Fsp3) is 0.462. The predicted octanol–water partition coefficient (Wildman–Crippen LogP) is 1.95. The van der Waals surface area contributed by atoms with Crippen LogP contribution in [0.25, 0.3) is 0 Å². The van der Waals surface area contributed by atoms with E-state index >= 15 is 0 Å². The second kappa shape index (κ2) is 4.84. The number of hydrogen-bond donors (Lipinski definition) is 2. The van der Waals surface area contributed by atoms with Crippen LogP contribution in [-0.2, 0) is 6.54 Å². The first-order valence-corrected chi connectivity index (χ1v) is 5.87. The third kappa shape index (κ3) is 3.53. The molecular formula is C13H18FN3. The summed E-state index contributed by atoms with van der Waals surface area (Å²) >= 11 is 0. The van der Waals surface area contributed by atoms with Gasteiger partial charge in [-0.1, -0.05) is 0 Å². The van der Waals surface area contributed by atoms with Gasteiger partial charge in [-0.25, -0.2) is 4.39 Å². The lowest BCUT2D eigenvalue weighted by molar-refractivity contribution is 0.312. The number of nitrogens with zero attached hydrogens (tertiary/aromatic N) is 1. The van der Waals surface area contributed by atoms with Gasteiger partial charge in [0, 0.05) is 18.7 Å². The zero-order chi connectivity index (χ0) is 12.4. The summed E-state index contributed by atoms with van der Waals surface area (Å²) in [6, 6.07) is 4.59. The summed E-state index contributed by atoms with van der Waals surface area (Å²) in [5.41, 5.74) is 6.71. The lowest BCUT2D eigenvalue weighted by Crippen LogP contribution is -2.21. The summed E-state index contributed by atoms with van der Waals surface area (Å²) in [5.74, 6) is 0.406. The van der Waals surface area contributed by atoms with E-state index in [9.17, 15) is 4.39 Å². The lowest BCUT2D eigenvalue weighted by Gasteiger charge is -2.16. The zero-order valence-electron chi connectivity index (χ0n) is 10.0. The van der Waals surface area contributed by atoms with Gasteiger partial charge in [0.2, 0.25) is 0 Å². The largest absolute Gasteiger partial charge is 0.384 e. The van der Waals surface area contributed by atoms with Crippen molar-refractivity contribution in [2.75, 3.05) is 13.6 Å². The molecule has 1 saturated carbocycles. The molecule has 2 rings (SSSR count). The van der Waals surface area contributed by atoms with E-state index in [1.54, 1.807) is 6.07 Å². The second-order valence-electron chi connectivity index (χ2n) is 4.90. The fourth-order valence-corrected chi connectivity index (χ4v) is 2.01. The van der Waals surface area contributed by atoms with Gasteiger partial charge in [-0.05, 0) is 49.6 Å². The number of nitrogens with one attached hydrogen (secondary N) is 1. The molecular weight excluding hydrogens is 217 g/mol. The predicted molar refractivity (Wildman–Crippen MR) is 66.5 cm³/mol. The minimum Gasteiger partial charge on any atom is -0.384 e. The molecule has 1 aliphatic carbocycles. The maximum Gasteiger partial charge on any atom is 0.124 e. The van der Waals surface area contributed by atoms with Crippen molar-refractivity contribution < 1.29 is 4.39 Å². The number of halogens is 1. The van der Waals surface area contributed by atoms with E-state index in [1.165, 1.54) is 25.0 Å². The molecule has 1 fully saturated rings. The molecule has 3 N–H and O–H groups in total. The van der Waals surface area contributed by atoms with Gasteiger partial charge in [0.15, 0.2) is 0 Å². The van der Waals surface area contributed by atoms with Gasteiger partial charge < -0.3 is 10.6 Å². The van der Waals surface area contributed by atoms with Crippen molar-refractivity contribution >= 4 is 5.84 Å². The average Bonchev–Trinajstić information content (AvgIpc) is 3.00. The molecule has 0 bridgehead atoms. The van der Waals surface area contributed by atoms with Gasteiger partial charge in [0.1, 0.15) is 11.7 Å². The van der Waals surface area contributed by atoms with Gasteiger partial charge in [0.25, 0.3) is 0 Å². The molecule has 0 saturated heterocycles. The third-order valence-electron chi connectivity index (χ3n) is 2.99. The Hall–Kier alpha value is -1.42. The summed E-state index contributed by atoms with van der Waals surface area (Å²) in [6.07, 6.45) is 2.62. The Bertz CT molecular complexity index is 427. The molecule has 0 spiro atoms. The first-order chi connectivity index (χ1) is 8.04. The molecule has 0 amide bonds. The van der Waals surface area contributed by atoms with Crippen LogP contribution in [0.3, 0.4) is 0 Å². The molecule has 4 heteroatoms. The molecule has 0 heterocycles. The van der Waals surface area contributed by atoms with Crippen molar-refractivity contribution in [1.82, 2.24) is 4.90 Å². The Balaban J connectivity index is 2.05. The maximum absolute atomic E-state index is 13.3. The average molecular weight is 235 g/mol. The molecule has 0 aromatic heterocycles. The van der Waals surface area contributed by atoms with Crippen molar-refractivity contribution in [3.8, 4) is 0 Å². The smallest absolute Gasteiger partial charge is 0.124 e. The summed E-state index contributed by atoms with van der Waals surface area (Å²) in [4.78, 5) is 2.19. The highest BCUT2D eigenvalue weighted by Gasteiger charge is 2.22. The highest BCUT2D eigenvalue weighted by Crippen LogP contribution is 2.29. The molecule has 1 aromatic rings. The highest BCUT2D eigenvalue weighted by molar-refractivity contribution is 5.95. The van der Waals surface area contributed by atoms with Crippen LogP contribution in [0.2, 0.25) is 0 Å². The van der Waals surface area contributed by atoms with Crippen LogP contribution in [0.15, 0.2) is 18.2 Å². The van der Waals surface area contributed by atoms with Gasteiger partial charge in [-0.2, -0.15) is 0 Å². The van der Waals surface area contributed by atoms with Gasteiger partial charge in [-0.15, -0.1) is 0 Å². The standard InChI is InChI=1S/C13H18FN3/c1-17(7-9-2-3-9)8-10-4-11(13(15)16)6-12(14)5-10/h4-6,9H,2-3,7-8H2,1H3,(H3,15,16). The molecule has 0 aliphatic heterocycles. The fourth-order valence-electron chi connectivity index (χ4n) is 2.01. The van der Waals surface area contributed by atoms with Crippen LogP contribution in [0.4, 0.5) is 4.39 Å². The lowest BCUT2D eigenvalue weighted by atomic mass is 10.1. The topological polar surface area (TPSA) is 53.1 Å². The number of nitrogen functional groups attached to an aromatic ring is 1. The number of amidine groups is 1. The minimum atomic E-state index is -0.326. The van der Waals surface area contributed by atoms with Gasteiger partial charge in [-0.3, -0.25) is 5.41 Å². The molecule has 0 radical (unpaired) electrons. The van der Waals surface area contributed by atoms with Crippen molar-refractivity contribution in [1.29, 1.82) is 5.41 Å². The Morgan fingerprint density at radius 3 is 2.76 bits per heavy atom. The summed E-state index contributed by atoms with van der Waals surface area (Å²) in [7, 11) is 2.04. The van der Waals surface area contributed by atoms with Crippen LogP contribution < -0.4 is 5.73 Å². The highest BCUT2D eigenvalue weighted by atomic mass is 19.1. The van der Waals surface area contributed by atoms with E-state index in [0.29, 0.717) is 12.1 Å². The number of rotatable bonds is 5. The first-order valence-electron chi connectivity index (χ1n) is 5.87. The first kappa shape index (κ1) is 12.0. The van der Waals surface area contributed by atoms with E-state index in [1.807, 2.05) is 7.05 Å². The van der Waals surface area contributed by atoms with Crippen LogP contribution in [0, 0.1) is 17.1 Å². The molecule has 1 aromatic carbocycles. The SMILES string of the molecule is CN(Cc1cc(F)cc(C(=N)N)c1)CC1CC1. The summed E-state index contributed by atoms with van der Waals surface area (Å²) in [5, 5.41) is 7.33. The Labute approximate surface area is 101 Å². The molecule has 1 aliphatic rings. The zero-order valence-corrected chi connectivity index (χ0v) is 10.0. The van der Waals surface area contributed by atoms with Crippen molar-refractivity contribution in [3.05, 3.63) is 35.1 Å². The Kier molecular flexibility index (Phi) is 3.43. The third-order valence-corrected chi connectivity index (χ3v) is 2.99. The quantitative estimate of drug-likeness (QED) is 0.605. The van der Waals surface area contributed by atoms with E-state index in [2.05, 4.69) is 4.90 Å². The van der Waals surface area contributed by atoms with Crippen LogP contribution in [0.1, 0.15) is 24.0 Å². The molecule has 0 atom stereocenters. The van der Waals surface area contributed by atoms with E-state index < -0.39 is 0 Å². The summed E-state index contributed by atoms with van der Waals surface area (Å²) < 4.78 is 13.3. The van der Waals surface area contributed by atoms with E-state index in [-0.39, 0.29) is 11.7 Å². The molecule has 17 heavy (non-hydrogen) atoms. The van der Waals surface area contributed by atoms with Crippen LogP contribution >= 0.6 is 0 Å². The Morgan fingerprint density at radius 1 is 1.47 bits per heavy atom. The van der Waals surface area contributed by atoms with Crippen LogP contribution in [0.5, 0.6) is 0 Å². The second-order valence-corrected chi connectivity index (χ2v) is 4.90. The Morgan fingerprint density at radius 2 is 2.18 bits per heavy atom. The van der Waals surface area contributed by atoms with E-state index in [0.717, 1.165) is 18.0 Å². The number of hydrogen-bond acceptors (Lipinski definition) is 2. The number of nitrogens with two attached hydrogens (primary N) is 1. The molecule has 0 unspecified atom stereocenters. The molecule has 92 valence electrons. The van der Waals surface area contributed by atoms with Crippen molar-refractivity contribution in [2.45, 2.75) is 19.4 Å². The van der Waals surface area contributed by atoms with Crippen molar-refractivity contribution in [3.63, 3.8) is 0 Å². The minimum absolute atomic E-state index is 0.0874. The van der Waals surface area contributed by atoms with Crippen molar-refractivity contribution in [2.24, 2.45) is 11.7 Å². The van der Waals surface area contributed by atoms with Gasteiger partial charge in [0.05, 0.1) is 0 Å². The molecule has 3 nitrogen and oxygen atoms in total. The summed E-state index contributed by atoms with van der Waals surface area (Å²) in [6.45, 7) is 1.76. The van der Waals surface area contributed by atoms with Gasteiger partial charge >= 0.3 is 0 Å². The number of benzene rings is 1. The van der Waals surface area contributed by atoms with Crippen LogP contribution in [-0.4, -0.2) is 24.3 Å². The van der Waals surface area contributed by atoms with E-state index in [4.69, 9.17) is 11.1 Å². The normalized spacial score (nSPS) is 15.2. The maximum atomic E-state index is 13.3.